The molecule has 1 aromatic heterocycles. The van der Waals surface area contributed by atoms with E-state index in [1.165, 1.54) is 31.0 Å². The summed E-state index contributed by atoms with van der Waals surface area (Å²) in [6.07, 6.45) is 7.49. The fourth-order valence-electron chi connectivity index (χ4n) is 6.31. The fraction of sp³-hybridized carbons (Fsp3) is 0.609. The Morgan fingerprint density at radius 2 is 1.62 bits per heavy atom. The minimum absolute atomic E-state index is 0.0165. The van der Waals surface area contributed by atoms with Crippen LogP contribution in [0.3, 0.4) is 0 Å². The maximum atomic E-state index is 12.7. The Bertz CT molecular complexity index is 947. The molecule has 0 aliphatic heterocycles. The molecule has 4 aliphatic rings. The lowest BCUT2D eigenvalue weighted by Gasteiger charge is -2.56. The molecule has 1 aromatic carbocycles. The number of hydrogen-bond acceptors (Lipinski definition) is 8. The zero-order valence-corrected chi connectivity index (χ0v) is 19.5. The summed E-state index contributed by atoms with van der Waals surface area (Å²) in [6.45, 7) is 0. The van der Waals surface area contributed by atoms with Crippen LogP contribution in [-0.4, -0.2) is 48.7 Å². The first-order valence-electron chi connectivity index (χ1n) is 11.1. The van der Waals surface area contributed by atoms with Crippen molar-refractivity contribution in [3.63, 3.8) is 0 Å². The van der Waals surface area contributed by atoms with Gasteiger partial charge in [0.05, 0.1) is 27.1 Å². The van der Waals surface area contributed by atoms with E-state index in [4.69, 9.17) is 18.6 Å². The van der Waals surface area contributed by atoms with Gasteiger partial charge in [-0.1, -0.05) is 11.8 Å². The van der Waals surface area contributed by atoms with Crippen molar-refractivity contribution in [2.24, 2.45) is 17.8 Å². The lowest BCUT2D eigenvalue weighted by molar-refractivity contribution is -0.124. The van der Waals surface area contributed by atoms with Gasteiger partial charge in [0.1, 0.15) is 0 Å². The minimum Gasteiger partial charge on any atom is -0.493 e. The molecule has 0 atom stereocenters. The van der Waals surface area contributed by atoms with Crippen LogP contribution < -0.4 is 19.5 Å². The number of hydrogen-bond donors (Lipinski definition) is 1. The molecule has 0 saturated heterocycles. The molecule has 1 heterocycles. The number of rotatable bonds is 8. The lowest BCUT2D eigenvalue weighted by Crippen LogP contribution is -2.60. The topological polar surface area (TPSA) is 95.7 Å². The summed E-state index contributed by atoms with van der Waals surface area (Å²) in [5, 5.41) is 12.0. The maximum absolute atomic E-state index is 12.7. The number of thioether (sulfide) groups is 1. The first kappa shape index (κ1) is 21.4. The summed E-state index contributed by atoms with van der Waals surface area (Å²) in [7, 11) is 4.66. The number of benzene rings is 1. The summed E-state index contributed by atoms with van der Waals surface area (Å²) in [5.74, 6) is 4.53. The Kier molecular flexibility index (Phi) is 5.69. The van der Waals surface area contributed by atoms with Crippen molar-refractivity contribution in [2.45, 2.75) is 49.3 Å². The number of amides is 1. The number of aromatic nitrogens is 2. The van der Waals surface area contributed by atoms with Crippen LogP contribution >= 0.6 is 11.8 Å². The van der Waals surface area contributed by atoms with Crippen LogP contribution in [0.15, 0.2) is 21.8 Å². The van der Waals surface area contributed by atoms with Gasteiger partial charge in [-0.05, 0) is 68.4 Å². The van der Waals surface area contributed by atoms with Crippen LogP contribution in [0, 0.1) is 17.8 Å². The smallest absolute Gasteiger partial charge is 0.277 e. The summed E-state index contributed by atoms with van der Waals surface area (Å²) < 4.78 is 21.9. The van der Waals surface area contributed by atoms with Crippen molar-refractivity contribution >= 4 is 17.7 Å². The number of nitrogens with zero attached hydrogens (tertiary/aromatic N) is 2. The van der Waals surface area contributed by atoms with Gasteiger partial charge < -0.3 is 23.9 Å². The summed E-state index contributed by atoms with van der Waals surface area (Å²) in [5.41, 5.74) is 0.666. The van der Waals surface area contributed by atoms with E-state index in [2.05, 4.69) is 15.5 Å². The van der Waals surface area contributed by atoms with E-state index < -0.39 is 0 Å². The molecule has 8 nitrogen and oxygen atoms in total. The van der Waals surface area contributed by atoms with Crippen LogP contribution in [0.4, 0.5) is 0 Å². The molecule has 1 N–H and O–H groups in total. The molecule has 6 rings (SSSR count). The molecule has 172 valence electrons. The van der Waals surface area contributed by atoms with Gasteiger partial charge in [0, 0.05) is 11.1 Å². The van der Waals surface area contributed by atoms with Crippen LogP contribution in [0.5, 0.6) is 17.2 Å². The van der Waals surface area contributed by atoms with E-state index in [-0.39, 0.29) is 17.2 Å². The van der Waals surface area contributed by atoms with Crippen molar-refractivity contribution in [2.75, 3.05) is 27.1 Å². The molecule has 2 aromatic rings. The normalized spacial score (nSPS) is 27.9. The predicted octanol–water partition coefficient (Wildman–Crippen LogP) is 3.94. The third-order valence-corrected chi connectivity index (χ3v) is 7.91. The molecule has 4 aliphatic carbocycles. The predicted molar refractivity (Wildman–Crippen MR) is 119 cm³/mol. The zero-order valence-electron chi connectivity index (χ0n) is 18.7. The van der Waals surface area contributed by atoms with Gasteiger partial charge in [-0.25, -0.2) is 0 Å². The van der Waals surface area contributed by atoms with Gasteiger partial charge in [0.15, 0.2) is 11.5 Å². The van der Waals surface area contributed by atoms with Crippen molar-refractivity contribution in [3.8, 4) is 28.7 Å². The summed E-state index contributed by atoms with van der Waals surface area (Å²) in [6, 6.07) is 3.51. The molecule has 4 bridgehead atoms. The van der Waals surface area contributed by atoms with E-state index in [1.54, 1.807) is 33.5 Å². The summed E-state index contributed by atoms with van der Waals surface area (Å²) >= 11 is 1.26. The average molecular weight is 460 g/mol. The molecule has 0 radical (unpaired) electrons. The van der Waals surface area contributed by atoms with Gasteiger partial charge in [-0.15, -0.1) is 10.2 Å². The number of carbonyl (C=O) groups excluding carboxylic acids is 1. The van der Waals surface area contributed by atoms with E-state index >= 15 is 0 Å². The SMILES string of the molecule is COc1cc(-c2nnc(SCC(=O)NC34CC5CC(CC(C5)C3)C4)o2)cc(OC)c1OC. The zero-order chi connectivity index (χ0) is 22.3. The van der Waals surface area contributed by atoms with Crippen LogP contribution in [-0.2, 0) is 4.79 Å². The Hall–Kier alpha value is -2.42. The van der Waals surface area contributed by atoms with E-state index in [1.807, 2.05) is 0 Å². The second-order valence-electron chi connectivity index (χ2n) is 9.32. The van der Waals surface area contributed by atoms with Gasteiger partial charge in [-0.3, -0.25) is 4.79 Å². The molecule has 0 spiro atoms. The Morgan fingerprint density at radius 1 is 1.03 bits per heavy atom. The van der Waals surface area contributed by atoms with Gasteiger partial charge in [-0.2, -0.15) is 0 Å². The highest BCUT2D eigenvalue weighted by Gasteiger charge is 2.51. The Labute approximate surface area is 191 Å². The fourth-order valence-corrected chi connectivity index (χ4v) is 6.88. The van der Waals surface area contributed by atoms with Crippen molar-refractivity contribution < 1.29 is 23.4 Å². The first-order chi connectivity index (χ1) is 15.5. The minimum atomic E-state index is 0.0165. The molecule has 1 amide bonds. The lowest BCUT2D eigenvalue weighted by atomic mass is 9.53. The van der Waals surface area contributed by atoms with E-state index in [0.29, 0.717) is 33.9 Å². The van der Waals surface area contributed by atoms with Crippen LogP contribution in [0.25, 0.3) is 11.5 Å². The van der Waals surface area contributed by atoms with Crippen molar-refractivity contribution in [1.82, 2.24) is 15.5 Å². The van der Waals surface area contributed by atoms with Gasteiger partial charge in [0.25, 0.3) is 5.22 Å². The maximum Gasteiger partial charge on any atom is 0.277 e. The van der Waals surface area contributed by atoms with Gasteiger partial charge >= 0.3 is 0 Å². The molecule has 32 heavy (non-hydrogen) atoms. The van der Waals surface area contributed by atoms with Crippen LogP contribution in [0.1, 0.15) is 38.5 Å². The van der Waals surface area contributed by atoms with Gasteiger partial charge in [0.2, 0.25) is 17.5 Å². The molecular weight excluding hydrogens is 430 g/mol. The molecule has 9 heteroatoms. The monoisotopic (exact) mass is 459 g/mol. The number of nitrogens with one attached hydrogen (secondary N) is 1. The second kappa shape index (κ2) is 8.50. The van der Waals surface area contributed by atoms with E-state index in [9.17, 15) is 4.79 Å². The number of methoxy groups -OCH3 is 3. The summed E-state index contributed by atoms with van der Waals surface area (Å²) in [4.78, 5) is 12.7. The highest BCUT2D eigenvalue weighted by atomic mass is 32.2. The Morgan fingerprint density at radius 3 is 2.16 bits per heavy atom. The van der Waals surface area contributed by atoms with Crippen molar-refractivity contribution in [1.29, 1.82) is 0 Å². The quantitative estimate of drug-likeness (QED) is 0.593. The van der Waals surface area contributed by atoms with Crippen molar-refractivity contribution in [3.05, 3.63) is 12.1 Å². The number of ether oxygens (including phenoxy) is 3. The average Bonchev–Trinajstić information content (AvgIpc) is 3.24. The highest BCUT2D eigenvalue weighted by molar-refractivity contribution is 7.99. The third kappa shape index (κ3) is 4.02. The van der Waals surface area contributed by atoms with E-state index in [0.717, 1.165) is 37.0 Å². The standard InChI is InChI=1S/C23H29N3O5S/c1-28-17-7-16(8-18(29-2)20(17)30-3)21-25-26-22(31-21)32-12-19(27)24-23-9-13-4-14(10-23)6-15(5-13)11-23/h7-8,13-15H,4-6,9-12H2,1-3H3,(H,24,27). The van der Waals surface area contributed by atoms with Crippen LogP contribution in [0.2, 0.25) is 0 Å². The second-order valence-corrected chi connectivity index (χ2v) is 10.2. The third-order valence-electron chi connectivity index (χ3n) is 7.09. The largest absolute Gasteiger partial charge is 0.493 e. The first-order valence-corrected chi connectivity index (χ1v) is 12.1. The molecular formula is C23H29N3O5S. The molecule has 0 unspecified atom stereocenters. The Balaban J connectivity index is 1.23. The highest BCUT2D eigenvalue weighted by Crippen LogP contribution is 2.55. The number of carbonyl (C=O) groups is 1. The molecule has 4 saturated carbocycles. The molecule has 4 fully saturated rings.